The van der Waals surface area contributed by atoms with Gasteiger partial charge in [0.25, 0.3) is 0 Å². The summed E-state index contributed by atoms with van der Waals surface area (Å²) in [4.78, 5) is 44.1. The molecular formula is C25H32N4O4. The van der Waals surface area contributed by atoms with Crippen LogP contribution in [-0.4, -0.2) is 52.5 Å². The van der Waals surface area contributed by atoms with E-state index in [9.17, 15) is 14.4 Å². The fourth-order valence-electron chi connectivity index (χ4n) is 3.75. The highest BCUT2D eigenvalue weighted by atomic mass is 16.6. The zero-order chi connectivity index (χ0) is 23.8. The topological polar surface area (TPSA) is 101 Å². The van der Waals surface area contributed by atoms with Gasteiger partial charge in [0.15, 0.2) is 0 Å². The van der Waals surface area contributed by atoms with Crippen molar-refractivity contribution in [2.75, 3.05) is 18.4 Å². The van der Waals surface area contributed by atoms with Crippen molar-refractivity contribution in [3.63, 3.8) is 0 Å². The zero-order valence-corrected chi connectivity index (χ0v) is 19.4. The van der Waals surface area contributed by atoms with Crippen LogP contribution >= 0.6 is 0 Å². The first-order valence-corrected chi connectivity index (χ1v) is 11.3. The zero-order valence-electron chi connectivity index (χ0n) is 19.4. The summed E-state index contributed by atoms with van der Waals surface area (Å²) in [7, 11) is 0. The number of pyridine rings is 1. The maximum Gasteiger partial charge on any atom is 0.408 e. The SMILES string of the molecule is CC(C)(C)OC(=O)NC(Cc1ccccc1)C(=O)N1CCC(C(=O)Nc2ccccn2)CC1. The minimum Gasteiger partial charge on any atom is -0.444 e. The van der Waals surface area contributed by atoms with Crippen molar-refractivity contribution < 1.29 is 19.1 Å². The normalized spacial score (nSPS) is 15.4. The van der Waals surface area contributed by atoms with Gasteiger partial charge in [-0.25, -0.2) is 9.78 Å². The number of carbonyl (C=O) groups excluding carboxylic acids is 3. The standard InChI is InChI=1S/C25H32N4O4/c1-25(2,3)33-24(32)27-20(17-18-9-5-4-6-10-18)23(31)29-15-12-19(13-16-29)22(30)28-21-11-7-8-14-26-21/h4-11,14,19-20H,12-13,15-17H2,1-3H3,(H,27,32)(H,26,28,30). The third-order valence-electron chi connectivity index (χ3n) is 5.37. The van der Waals surface area contributed by atoms with Crippen LogP contribution < -0.4 is 10.6 Å². The van der Waals surface area contributed by atoms with Crippen LogP contribution in [0, 0.1) is 5.92 Å². The summed E-state index contributed by atoms with van der Waals surface area (Å²) in [5.74, 6) is 0.0646. The molecule has 176 valence electrons. The van der Waals surface area contributed by atoms with Gasteiger partial charge in [-0.3, -0.25) is 9.59 Å². The Morgan fingerprint density at radius 1 is 1.06 bits per heavy atom. The molecule has 1 aromatic heterocycles. The molecule has 3 amide bonds. The van der Waals surface area contributed by atoms with Crippen LogP contribution in [-0.2, 0) is 20.7 Å². The lowest BCUT2D eigenvalue weighted by Crippen LogP contribution is -2.53. The molecule has 1 saturated heterocycles. The van der Waals surface area contributed by atoms with Crippen LogP contribution in [0.15, 0.2) is 54.7 Å². The van der Waals surface area contributed by atoms with Crippen LogP contribution in [0.25, 0.3) is 0 Å². The first kappa shape index (κ1) is 24.2. The van der Waals surface area contributed by atoms with Gasteiger partial charge < -0.3 is 20.3 Å². The quantitative estimate of drug-likeness (QED) is 0.700. The first-order valence-electron chi connectivity index (χ1n) is 11.3. The average molecular weight is 453 g/mol. The molecule has 3 rings (SSSR count). The van der Waals surface area contributed by atoms with Crippen LogP contribution in [0.5, 0.6) is 0 Å². The molecular weight excluding hydrogens is 420 g/mol. The third kappa shape index (κ3) is 7.59. The minimum absolute atomic E-state index is 0.0893. The van der Waals surface area contributed by atoms with Gasteiger partial charge in [0.1, 0.15) is 17.5 Å². The number of alkyl carbamates (subject to hydrolysis) is 1. The Hall–Kier alpha value is -3.42. The van der Waals surface area contributed by atoms with Crippen LogP contribution in [0.2, 0.25) is 0 Å². The number of carbonyl (C=O) groups is 3. The number of nitrogens with one attached hydrogen (secondary N) is 2. The molecule has 8 nitrogen and oxygen atoms in total. The molecule has 2 heterocycles. The molecule has 1 fully saturated rings. The van der Waals surface area contributed by atoms with E-state index in [1.54, 1.807) is 44.0 Å². The molecule has 0 saturated carbocycles. The maximum atomic E-state index is 13.3. The molecule has 1 aromatic carbocycles. The number of hydrogen-bond acceptors (Lipinski definition) is 5. The third-order valence-corrected chi connectivity index (χ3v) is 5.37. The van der Waals surface area contributed by atoms with Crippen molar-refractivity contribution in [1.29, 1.82) is 0 Å². The van der Waals surface area contributed by atoms with E-state index in [-0.39, 0.29) is 17.7 Å². The summed E-state index contributed by atoms with van der Waals surface area (Å²) in [5.41, 5.74) is 0.278. The van der Waals surface area contributed by atoms with Crippen molar-refractivity contribution >= 4 is 23.7 Å². The maximum absolute atomic E-state index is 13.3. The molecule has 1 unspecified atom stereocenters. The Balaban J connectivity index is 1.61. The molecule has 0 spiro atoms. The van der Waals surface area contributed by atoms with Crippen molar-refractivity contribution in [2.24, 2.45) is 5.92 Å². The number of hydrogen-bond donors (Lipinski definition) is 2. The van der Waals surface area contributed by atoms with E-state index in [0.29, 0.717) is 38.2 Å². The van der Waals surface area contributed by atoms with Crippen molar-refractivity contribution in [2.45, 2.75) is 51.7 Å². The van der Waals surface area contributed by atoms with Gasteiger partial charge in [-0.05, 0) is 51.3 Å². The summed E-state index contributed by atoms with van der Waals surface area (Å²) in [6, 6.07) is 14.1. The van der Waals surface area contributed by atoms with E-state index in [1.807, 2.05) is 36.4 Å². The van der Waals surface area contributed by atoms with E-state index in [0.717, 1.165) is 5.56 Å². The van der Waals surface area contributed by atoms with E-state index in [1.165, 1.54) is 0 Å². The number of aromatic nitrogens is 1. The van der Waals surface area contributed by atoms with Gasteiger partial charge in [0.05, 0.1) is 0 Å². The van der Waals surface area contributed by atoms with Crippen molar-refractivity contribution in [1.82, 2.24) is 15.2 Å². The summed E-state index contributed by atoms with van der Waals surface area (Å²) >= 11 is 0. The molecule has 8 heteroatoms. The van der Waals surface area contributed by atoms with Gasteiger partial charge in [-0.1, -0.05) is 36.4 Å². The van der Waals surface area contributed by atoms with Crippen LogP contribution in [0.4, 0.5) is 10.6 Å². The van der Waals surface area contributed by atoms with Gasteiger partial charge in [0, 0.05) is 31.6 Å². The Morgan fingerprint density at radius 2 is 1.73 bits per heavy atom. The number of rotatable bonds is 6. The molecule has 1 atom stereocenters. The van der Waals surface area contributed by atoms with E-state index < -0.39 is 17.7 Å². The monoisotopic (exact) mass is 452 g/mol. The molecule has 2 N–H and O–H groups in total. The van der Waals surface area contributed by atoms with Crippen molar-refractivity contribution in [3.8, 4) is 0 Å². The minimum atomic E-state index is -0.749. The molecule has 0 aliphatic carbocycles. The van der Waals surface area contributed by atoms with Crippen molar-refractivity contribution in [3.05, 3.63) is 60.3 Å². The lowest BCUT2D eigenvalue weighted by molar-refractivity contribution is -0.136. The van der Waals surface area contributed by atoms with Gasteiger partial charge in [0.2, 0.25) is 11.8 Å². The first-order chi connectivity index (χ1) is 15.7. The number of anilines is 1. The molecule has 1 aliphatic rings. The number of nitrogens with zero attached hydrogens (tertiary/aromatic N) is 2. The second-order valence-electron chi connectivity index (χ2n) is 9.19. The average Bonchev–Trinajstić information content (AvgIpc) is 2.78. The Morgan fingerprint density at radius 3 is 2.33 bits per heavy atom. The van der Waals surface area contributed by atoms with Crippen LogP contribution in [0.1, 0.15) is 39.2 Å². The Labute approximate surface area is 194 Å². The number of benzene rings is 1. The highest BCUT2D eigenvalue weighted by molar-refractivity contribution is 5.92. The van der Waals surface area contributed by atoms with E-state index >= 15 is 0 Å². The Kier molecular flexibility index (Phi) is 8.03. The highest BCUT2D eigenvalue weighted by Gasteiger charge is 2.32. The van der Waals surface area contributed by atoms with Gasteiger partial charge in [-0.2, -0.15) is 0 Å². The second kappa shape index (κ2) is 10.9. The summed E-state index contributed by atoms with van der Waals surface area (Å²) in [5, 5.41) is 5.58. The highest BCUT2D eigenvalue weighted by Crippen LogP contribution is 2.20. The summed E-state index contributed by atoms with van der Waals surface area (Å²) in [6.45, 7) is 6.23. The number of ether oxygens (including phenoxy) is 1. The predicted molar refractivity (Wildman–Crippen MR) is 125 cm³/mol. The lowest BCUT2D eigenvalue weighted by Gasteiger charge is -2.34. The molecule has 33 heavy (non-hydrogen) atoms. The van der Waals surface area contributed by atoms with Gasteiger partial charge >= 0.3 is 6.09 Å². The number of likely N-dealkylation sites (tertiary alicyclic amines) is 1. The van der Waals surface area contributed by atoms with Gasteiger partial charge in [-0.15, -0.1) is 0 Å². The molecule has 0 bridgehead atoms. The lowest BCUT2D eigenvalue weighted by atomic mass is 9.95. The molecule has 2 aromatic rings. The predicted octanol–water partition coefficient (Wildman–Crippen LogP) is 3.39. The summed E-state index contributed by atoms with van der Waals surface area (Å²) < 4.78 is 5.37. The van der Waals surface area contributed by atoms with E-state index in [4.69, 9.17) is 4.74 Å². The fourth-order valence-corrected chi connectivity index (χ4v) is 3.75. The second-order valence-corrected chi connectivity index (χ2v) is 9.19. The molecule has 1 aliphatic heterocycles. The molecule has 0 radical (unpaired) electrons. The largest absolute Gasteiger partial charge is 0.444 e. The number of piperidine rings is 1. The van der Waals surface area contributed by atoms with Crippen LogP contribution in [0.3, 0.4) is 0 Å². The Bertz CT molecular complexity index is 936. The summed E-state index contributed by atoms with van der Waals surface area (Å²) in [6.07, 6.45) is 2.46. The van der Waals surface area contributed by atoms with E-state index in [2.05, 4.69) is 15.6 Å². The smallest absolute Gasteiger partial charge is 0.408 e. The fraction of sp³-hybridized carbons (Fsp3) is 0.440. The number of amides is 3.